The molecule has 6 amide bonds. The number of aryl methyl sites for hydroxylation is 3. The molecule has 4 aliphatic carbocycles. The van der Waals surface area contributed by atoms with Gasteiger partial charge < -0.3 is 87.7 Å². The molecule has 6 bridgehead atoms. The van der Waals surface area contributed by atoms with Gasteiger partial charge in [0.05, 0.1) is 74.2 Å². The van der Waals surface area contributed by atoms with Crippen molar-refractivity contribution >= 4 is 87.6 Å². The van der Waals surface area contributed by atoms with E-state index in [9.17, 15) is 43.2 Å². The molecule has 2 unspecified atom stereocenters. The van der Waals surface area contributed by atoms with Crippen molar-refractivity contribution in [3.8, 4) is 34.9 Å². The molecule has 3 saturated heterocycles. The number of alkyl carbamates (subject to hydrolysis) is 3. The maximum Gasteiger partial charge on any atom is 0.408 e. The van der Waals surface area contributed by atoms with Crippen molar-refractivity contribution in [3.63, 3.8) is 0 Å². The number of nitrogens with one attached hydrogen (secondary N) is 3. The minimum absolute atomic E-state index is 0. The number of halogens is 6. The summed E-state index contributed by atoms with van der Waals surface area (Å²) in [5.74, 6) is -10.9. The quantitative estimate of drug-likeness (QED) is 0.0759. The maximum absolute atomic E-state index is 16.4. The van der Waals surface area contributed by atoms with E-state index in [1.54, 1.807) is 131 Å². The Morgan fingerprint density at radius 2 is 0.796 bits per heavy atom. The smallest absolute Gasteiger partial charge is 0.408 e. The molecule has 10 aliphatic rings. The average molecular weight is 2020 g/mol. The van der Waals surface area contributed by atoms with Crippen LogP contribution in [0.4, 0.5) is 40.7 Å². The van der Waals surface area contributed by atoms with Gasteiger partial charge in [-0.15, -0.1) is 0 Å². The first-order valence-corrected chi connectivity index (χ1v) is 47.2. The number of carbonyl (C=O) groups excluding carboxylic acids is 9. The molecule has 6 aliphatic heterocycles. The van der Waals surface area contributed by atoms with Crippen LogP contribution in [0.15, 0.2) is 54.6 Å². The maximum atomic E-state index is 16.4. The first kappa shape index (κ1) is 109. The summed E-state index contributed by atoms with van der Waals surface area (Å²) in [6.07, 6.45) is 7.33. The van der Waals surface area contributed by atoms with Gasteiger partial charge in [-0.3, -0.25) is 14.4 Å². The van der Waals surface area contributed by atoms with Gasteiger partial charge in [0.2, 0.25) is 35.4 Å². The number of methoxy groups -OCH3 is 3. The first-order chi connectivity index (χ1) is 63.1. The van der Waals surface area contributed by atoms with Crippen LogP contribution in [0.25, 0.3) is 32.7 Å². The number of pyridine rings is 3. The average Bonchev–Trinajstić information content (AvgIpc) is 1.68. The fraction of sp³-hybridized carbons (Fsp3) is 0.644. The van der Waals surface area contributed by atoms with Gasteiger partial charge >= 0.3 is 18.3 Å². The third-order valence-electron chi connectivity index (χ3n) is 29.6. The molecule has 3 aromatic heterocycles. The molecule has 0 spiro atoms. The molecule has 4 saturated carbocycles. The summed E-state index contributed by atoms with van der Waals surface area (Å²) in [6, 6.07) is 9.21. The molecule has 20 atom stereocenters. The van der Waals surface area contributed by atoms with E-state index in [0.717, 1.165) is 12.8 Å². The predicted molar refractivity (Wildman–Crippen MR) is 486 cm³/mol. The van der Waals surface area contributed by atoms with Gasteiger partial charge in [0.15, 0.2) is 0 Å². The minimum Gasteiger partial charge on any atom is -0.540 e. The molecule has 745 valence electrons. The Kier molecular flexibility index (Phi) is 33.8. The van der Waals surface area contributed by atoms with Gasteiger partial charge in [0.25, 0.3) is 17.8 Å². The van der Waals surface area contributed by atoms with Crippen molar-refractivity contribution < 1.29 is 168 Å². The number of aromatic nitrogens is 3. The van der Waals surface area contributed by atoms with Crippen LogP contribution in [0, 0.1) is 84.4 Å². The summed E-state index contributed by atoms with van der Waals surface area (Å²) in [6.45, 7) is 28.2. The Morgan fingerprint density at radius 1 is 0.445 bits per heavy atom. The number of rotatable bonds is 7. The first-order valence-electron chi connectivity index (χ1n) is 47.2. The zero-order valence-electron chi connectivity index (χ0n) is 81.4. The topological polar surface area (TPSA) is 321 Å². The summed E-state index contributed by atoms with van der Waals surface area (Å²) in [5.41, 5.74) is -1.39. The van der Waals surface area contributed by atoms with Gasteiger partial charge in [-0.2, -0.15) is 0 Å². The number of hydrogen-bond donors (Lipinski definition) is 3. The Bertz CT molecular complexity index is 5470. The standard InChI is InChI=1S/C36H46F2N3O6.C33H42F2N3O6.C32H40F2N3O6.3V/c1-7-22-27(18-42)41-17-29(22)46-32-30(19(2)23-12-11-21(45-6)16-26(23)39-32)36(37,38)13-9-8-10-24-25-14-20(25)15-28(24)47-34(44)40-31(33(41)43)35(3,4)5;1-18-22-12-11-21(42-7)14-23(22)36-28-26(18)33(34,35)13-9-8-10-20-15-32(20,6)44-30(41)37-27(31(3,4)5)29(40)38-16-25(43-28)19(2)24(38)17-39;1-17-21-11-10-20(41-6)14-22(21)35-28-26(17)32(33,34)12-8-7-9-19-13-24(19)43-30(40)36-27(31(3,4)5)29(39)37-15-25(42-28)18(2)23(37)16-38;;;/h11-12,16,20,22,24-25,27-29,31H,7-10,13-15,17H2,1-6H3,(H,40,44);11-12,14,19-20,24-25,27H,8-10,13,15-16H2,1-7H3,(H,37,41);10-11,14,18-19,23-25,27H,7-9,12-13,15H2,1-6H3,(H,36,40);;;/q3*-1;;;/t20?,22-,24+,25?,27+,28+,29-,31+;19-,20+,24+,25-,27+,32+;18-,19+,23+,24+,25-,27+;;;/m000.../s1. The van der Waals surface area contributed by atoms with E-state index in [1.807, 2.05) is 53.5 Å². The van der Waals surface area contributed by atoms with Crippen LogP contribution in [0.3, 0.4) is 0 Å². The van der Waals surface area contributed by atoms with Crippen LogP contribution in [0.1, 0.15) is 233 Å². The zero-order chi connectivity index (χ0) is 97.3. The van der Waals surface area contributed by atoms with Gasteiger partial charge in [-0.05, 0) is 203 Å². The van der Waals surface area contributed by atoms with Crippen molar-refractivity contribution in [3.05, 3.63) is 88.0 Å². The third kappa shape index (κ3) is 23.1. The van der Waals surface area contributed by atoms with Gasteiger partial charge in [-0.1, -0.05) is 127 Å². The molecule has 16 rings (SSSR count). The van der Waals surface area contributed by atoms with Crippen molar-refractivity contribution in [2.24, 2.45) is 63.6 Å². The fourth-order valence-corrected chi connectivity index (χ4v) is 21.3. The molecule has 137 heavy (non-hydrogen) atoms. The number of amides is 6. The van der Waals surface area contributed by atoms with Crippen LogP contribution in [-0.2, 0) is 116 Å². The normalized spacial score (nSPS) is 30.5. The molecule has 27 nitrogen and oxygen atoms in total. The molecule has 3 radical (unpaired) electrons. The van der Waals surface area contributed by atoms with E-state index < -0.39 is 167 Å². The molecule has 36 heteroatoms. The van der Waals surface area contributed by atoms with Crippen LogP contribution >= 0.6 is 0 Å². The fourth-order valence-electron chi connectivity index (χ4n) is 21.3. The van der Waals surface area contributed by atoms with Gasteiger partial charge in [0, 0.05) is 115 Å². The molecule has 7 fully saturated rings. The number of ether oxygens (including phenoxy) is 9. The van der Waals surface area contributed by atoms with Crippen molar-refractivity contribution in [1.82, 2.24) is 45.6 Å². The van der Waals surface area contributed by atoms with Crippen LogP contribution in [0.5, 0.6) is 34.9 Å². The number of alkyl halides is 6. The van der Waals surface area contributed by atoms with E-state index >= 15 is 26.3 Å². The summed E-state index contributed by atoms with van der Waals surface area (Å²) >= 11 is 0. The molecule has 9 heterocycles. The zero-order valence-corrected chi connectivity index (χ0v) is 85.6. The molecule has 3 N–H and O–H groups in total. The number of nitrogens with zero attached hydrogens (tertiary/aromatic N) is 6. The summed E-state index contributed by atoms with van der Waals surface area (Å²) < 4.78 is 150. The van der Waals surface area contributed by atoms with Crippen molar-refractivity contribution in [2.75, 3.05) is 41.0 Å². The summed E-state index contributed by atoms with van der Waals surface area (Å²) in [7, 11) is 4.55. The van der Waals surface area contributed by atoms with Crippen molar-refractivity contribution in [1.29, 1.82) is 0 Å². The van der Waals surface area contributed by atoms with E-state index in [2.05, 4.69) is 30.9 Å². The van der Waals surface area contributed by atoms with E-state index in [4.69, 9.17) is 42.6 Å². The number of carbonyl (C=O) groups is 6. The van der Waals surface area contributed by atoms with E-state index in [0.29, 0.717) is 136 Å². The number of hydrogen-bond acceptors (Lipinski definition) is 21. The van der Waals surface area contributed by atoms with E-state index in [1.165, 1.54) is 36.0 Å². The number of fused-ring (bicyclic) bond motifs is 17. The second-order valence-corrected chi connectivity index (χ2v) is 42.0. The molecule has 6 aromatic rings. The second-order valence-electron chi connectivity index (χ2n) is 42.0. The second kappa shape index (κ2) is 42.6. The van der Waals surface area contributed by atoms with Gasteiger partial charge in [-0.25, -0.2) is 74.5 Å². The summed E-state index contributed by atoms with van der Waals surface area (Å²) in [5, 5.41) is 10.00. The minimum atomic E-state index is -3.26. The predicted octanol–water partition coefficient (Wildman–Crippen LogP) is 17.8. The van der Waals surface area contributed by atoms with E-state index in [-0.39, 0.29) is 159 Å². The monoisotopic (exact) mass is 2020 g/mol. The molecule has 3 aromatic carbocycles. The SMILES string of the molecule is CC[C@@H]1[C@@H]2CN(C(=O)[C@H](C(C)(C)C)NC(=O)O[C@@H]3CC4CC4[C@H]3CCCCC(F)(F)c3c(nc4cc(OC)ccc4c3C)O2)[C@@H]1[C-]=O.COc1ccc2c(C)c3c(nc2c1)O[C@H]1CN(C(=O)[C@H](C(C)(C)C)NC(=O)O[C@@H]2C[C@H]2CCCCC3(F)F)[C@H]([C-]=O)[C@@H]1C.COc1ccc2c(C)c3c(nc2c1)O[C@H]1CN(C(=O)[C@H](C(C)(C)C)NC(=O)O[C@]2(C)C[C@H]2CCCCC3(F)F)[C@H]([C-]=O)[C@@H]1C.[V].[V].[V]. The number of benzene rings is 3. The largest absolute Gasteiger partial charge is 0.540 e. The third-order valence-corrected chi connectivity index (χ3v) is 29.6. The Balaban J connectivity index is 0.000000195. The Morgan fingerprint density at radius 3 is 1.18 bits per heavy atom. The molecular weight excluding hydrogens is 1890 g/mol. The Hall–Kier alpha value is -8.75. The van der Waals surface area contributed by atoms with Crippen molar-refractivity contribution in [2.45, 2.75) is 310 Å². The van der Waals surface area contributed by atoms with Crippen LogP contribution in [-0.4, -0.2) is 198 Å². The van der Waals surface area contributed by atoms with Crippen LogP contribution in [0.2, 0.25) is 0 Å². The Labute approximate surface area is 833 Å². The van der Waals surface area contributed by atoms with Crippen LogP contribution < -0.4 is 44.4 Å². The van der Waals surface area contributed by atoms with Gasteiger partial charge in [0.1, 0.15) is 71.5 Å². The molecular formula is C101H128F6N9O18V3-3. The summed E-state index contributed by atoms with van der Waals surface area (Å²) in [4.78, 5) is 136.